The summed E-state index contributed by atoms with van der Waals surface area (Å²) in [6, 6.07) is 13.4. The van der Waals surface area contributed by atoms with Crippen LogP contribution in [-0.4, -0.2) is 21.3 Å². The number of aromatic hydroxyl groups is 2. The van der Waals surface area contributed by atoms with Gasteiger partial charge in [-0.3, -0.25) is 4.79 Å². The summed E-state index contributed by atoms with van der Waals surface area (Å²) in [6.07, 6.45) is 0. The predicted molar refractivity (Wildman–Crippen MR) is 94.8 cm³/mol. The molecule has 0 bridgehead atoms. The molecular formula is C20H12O6. The van der Waals surface area contributed by atoms with E-state index < -0.39 is 11.7 Å². The van der Waals surface area contributed by atoms with Crippen molar-refractivity contribution in [2.45, 2.75) is 0 Å². The minimum Gasteiger partial charge on any atom is -0.504 e. The lowest BCUT2D eigenvalue weighted by molar-refractivity contribution is 0.0697. The first-order chi connectivity index (χ1) is 12.5. The van der Waals surface area contributed by atoms with Crippen LogP contribution >= 0.6 is 0 Å². The molecule has 0 radical (unpaired) electrons. The van der Waals surface area contributed by atoms with E-state index >= 15 is 0 Å². The number of carboxylic acid groups (broad SMARTS) is 1. The Bertz CT molecular complexity index is 1200. The van der Waals surface area contributed by atoms with Gasteiger partial charge in [0.05, 0.1) is 5.56 Å². The van der Waals surface area contributed by atoms with Crippen molar-refractivity contribution in [3.63, 3.8) is 0 Å². The Hall–Kier alpha value is -3.80. The zero-order valence-electron chi connectivity index (χ0n) is 13.3. The first-order valence-corrected chi connectivity index (χ1v) is 7.71. The molecule has 0 fully saturated rings. The molecule has 0 amide bonds. The highest BCUT2D eigenvalue weighted by molar-refractivity contribution is 6.08. The molecule has 1 aliphatic carbocycles. The van der Waals surface area contributed by atoms with Gasteiger partial charge in [-0.05, 0) is 35.9 Å². The molecule has 0 unspecified atom stereocenters. The molecule has 0 atom stereocenters. The van der Waals surface area contributed by atoms with Crippen LogP contribution in [-0.2, 0) is 0 Å². The first kappa shape index (κ1) is 15.7. The first-order valence-electron chi connectivity index (χ1n) is 7.71. The quantitative estimate of drug-likeness (QED) is 0.377. The molecule has 0 spiro atoms. The van der Waals surface area contributed by atoms with Gasteiger partial charge in [-0.1, -0.05) is 18.2 Å². The standard InChI is InChI=1S/C20H12O6/c21-10-5-6-13-16(9-10)26-19-14(7-8-15(22)18(19)23)17(13)11-3-1-2-4-12(11)20(24)25/h1-9,22-23H,(H,24,25). The van der Waals surface area contributed by atoms with Crippen LogP contribution in [0, 0.1) is 0 Å². The molecule has 0 saturated heterocycles. The number of hydrogen-bond donors (Lipinski definition) is 3. The smallest absolute Gasteiger partial charge is 0.336 e. The largest absolute Gasteiger partial charge is 0.504 e. The number of rotatable bonds is 2. The van der Waals surface area contributed by atoms with E-state index in [4.69, 9.17) is 4.42 Å². The second-order valence-electron chi connectivity index (χ2n) is 5.80. The molecule has 26 heavy (non-hydrogen) atoms. The highest BCUT2D eigenvalue weighted by Gasteiger charge is 2.23. The number of hydrogen-bond acceptors (Lipinski definition) is 5. The fourth-order valence-corrected chi connectivity index (χ4v) is 3.09. The van der Waals surface area contributed by atoms with Gasteiger partial charge in [0.2, 0.25) is 5.75 Å². The fourth-order valence-electron chi connectivity index (χ4n) is 3.09. The third kappa shape index (κ3) is 2.28. The second kappa shape index (κ2) is 5.63. The van der Waals surface area contributed by atoms with Gasteiger partial charge in [-0.2, -0.15) is 0 Å². The molecule has 0 aromatic heterocycles. The van der Waals surface area contributed by atoms with Gasteiger partial charge < -0.3 is 19.7 Å². The Kier molecular flexibility index (Phi) is 3.40. The highest BCUT2D eigenvalue weighted by atomic mass is 16.4. The number of phenolic OH excluding ortho intramolecular Hbond substituents is 2. The normalized spacial score (nSPS) is 11.1. The van der Waals surface area contributed by atoms with Gasteiger partial charge in [0.1, 0.15) is 5.76 Å². The lowest BCUT2D eigenvalue weighted by Gasteiger charge is -2.17. The number of benzene rings is 3. The van der Waals surface area contributed by atoms with Crippen LogP contribution in [0.4, 0.5) is 0 Å². The molecular weight excluding hydrogens is 336 g/mol. The topological polar surface area (TPSA) is 108 Å². The Morgan fingerprint density at radius 3 is 2.46 bits per heavy atom. The Labute approximate surface area is 146 Å². The summed E-state index contributed by atoms with van der Waals surface area (Å²) in [5.41, 5.74) is 1.18. The van der Waals surface area contributed by atoms with Crippen molar-refractivity contribution in [2.24, 2.45) is 0 Å². The van der Waals surface area contributed by atoms with Crippen molar-refractivity contribution in [3.8, 4) is 33.9 Å². The molecule has 6 nitrogen and oxygen atoms in total. The molecule has 2 aliphatic rings. The molecule has 0 saturated carbocycles. The van der Waals surface area contributed by atoms with Gasteiger partial charge in [0, 0.05) is 22.6 Å². The van der Waals surface area contributed by atoms with Gasteiger partial charge in [0.15, 0.2) is 16.8 Å². The van der Waals surface area contributed by atoms with E-state index in [2.05, 4.69) is 0 Å². The van der Waals surface area contributed by atoms with Crippen molar-refractivity contribution in [1.82, 2.24) is 0 Å². The van der Waals surface area contributed by atoms with E-state index in [-0.39, 0.29) is 28.1 Å². The summed E-state index contributed by atoms with van der Waals surface area (Å²) in [5, 5.41) is 29.9. The molecule has 1 aliphatic heterocycles. The molecule has 2 aromatic rings. The third-order valence-electron chi connectivity index (χ3n) is 4.24. The van der Waals surface area contributed by atoms with Crippen molar-refractivity contribution in [1.29, 1.82) is 0 Å². The minimum atomic E-state index is -1.11. The van der Waals surface area contributed by atoms with Crippen molar-refractivity contribution >= 4 is 16.9 Å². The Morgan fingerprint density at radius 1 is 0.923 bits per heavy atom. The van der Waals surface area contributed by atoms with E-state index in [0.29, 0.717) is 22.1 Å². The van der Waals surface area contributed by atoms with Crippen LogP contribution in [0.15, 0.2) is 63.8 Å². The minimum absolute atomic E-state index is 0.0294. The van der Waals surface area contributed by atoms with E-state index in [9.17, 15) is 24.9 Å². The molecule has 2 aromatic carbocycles. The second-order valence-corrected chi connectivity index (χ2v) is 5.80. The molecule has 128 valence electrons. The number of aromatic carboxylic acids is 1. The van der Waals surface area contributed by atoms with Crippen molar-refractivity contribution < 1.29 is 24.5 Å². The Balaban J connectivity index is 2.26. The monoisotopic (exact) mass is 348 g/mol. The van der Waals surface area contributed by atoms with Gasteiger partial charge in [0.25, 0.3) is 0 Å². The zero-order chi connectivity index (χ0) is 18.4. The van der Waals surface area contributed by atoms with E-state index in [0.717, 1.165) is 0 Å². The molecule has 4 rings (SSSR count). The van der Waals surface area contributed by atoms with Crippen molar-refractivity contribution in [3.05, 3.63) is 70.4 Å². The van der Waals surface area contributed by atoms with Gasteiger partial charge in [-0.15, -0.1) is 0 Å². The fraction of sp³-hybridized carbons (Fsp3) is 0. The lowest BCUT2D eigenvalue weighted by atomic mass is 9.90. The van der Waals surface area contributed by atoms with Crippen LogP contribution in [0.5, 0.6) is 11.5 Å². The van der Waals surface area contributed by atoms with E-state index in [1.54, 1.807) is 24.3 Å². The van der Waals surface area contributed by atoms with E-state index in [1.807, 2.05) is 0 Å². The zero-order valence-corrected chi connectivity index (χ0v) is 13.3. The van der Waals surface area contributed by atoms with Crippen LogP contribution < -0.4 is 5.43 Å². The Morgan fingerprint density at radius 2 is 1.69 bits per heavy atom. The number of phenols is 2. The predicted octanol–water partition coefficient (Wildman–Crippen LogP) is 3.67. The highest BCUT2D eigenvalue weighted by Crippen LogP contribution is 2.45. The molecule has 6 heteroatoms. The van der Waals surface area contributed by atoms with Crippen molar-refractivity contribution in [2.75, 3.05) is 0 Å². The summed E-state index contributed by atoms with van der Waals surface area (Å²) < 4.78 is 5.64. The summed E-state index contributed by atoms with van der Waals surface area (Å²) in [5.74, 6) is -1.78. The van der Waals surface area contributed by atoms with Gasteiger partial charge >= 0.3 is 5.97 Å². The summed E-state index contributed by atoms with van der Waals surface area (Å²) in [7, 11) is 0. The van der Waals surface area contributed by atoms with Crippen LogP contribution in [0.1, 0.15) is 10.4 Å². The van der Waals surface area contributed by atoms with Crippen LogP contribution in [0.25, 0.3) is 33.4 Å². The maximum Gasteiger partial charge on any atom is 0.336 e. The number of carbonyl (C=O) groups is 1. The van der Waals surface area contributed by atoms with E-state index in [1.165, 1.54) is 30.3 Å². The van der Waals surface area contributed by atoms with Crippen LogP contribution in [0.3, 0.4) is 0 Å². The molecule has 1 heterocycles. The third-order valence-corrected chi connectivity index (χ3v) is 4.24. The van der Waals surface area contributed by atoms with Crippen LogP contribution in [0.2, 0.25) is 0 Å². The average molecular weight is 348 g/mol. The summed E-state index contributed by atoms with van der Waals surface area (Å²) in [4.78, 5) is 23.4. The maximum absolute atomic E-state index is 11.7. The number of fused-ring (bicyclic) bond motifs is 2. The average Bonchev–Trinajstić information content (AvgIpc) is 2.63. The lowest BCUT2D eigenvalue weighted by Crippen LogP contribution is -2.03. The maximum atomic E-state index is 11.7. The molecule has 3 N–H and O–H groups in total. The summed E-state index contributed by atoms with van der Waals surface area (Å²) in [6.45, 7) is 0. The SMILES string of the molecule is O=C(O)c1ccccc1-c1c2ccc(=O)cc-2oc2c(O)c(O)ccc12. The summed E-state index contributed by atoms with van der Waals surface area (Å²) >= 11 is 0. The van der Waals surface area contributed by atoms with Gasteiger partial charge in [-0.25, -0.2) is 4.79 Å². The number of carboxylic acids is 1.